The van der Waals surface area contributed by atoms with Crippen LogP contribution in [0.4, 0.5) is 0 Å². The lowest BCUT2D eigenvalue weighted by atomic mass is 10.1. The number of nitrogens with zero attached hydrogens (tertiary/aromatic N) is 3. The van der Waals surface area contributed by atoms with E-state index in [4.69, 9.17) is 0 Å². The average molecular weight is 284 g/mol. The summed E-state index contributed by atoms with van der Waals surface area (Å²) >= 11 is 0. The highest BCUT2D eigenvalue weighted by Crippen LogP contribution is 2.41. The molecule has 2 aromatic rings. The normalized spacial score (nSPS) is 19.9. The van der Waals surface area contributed by atoms with Crippen molar-refractivity contribution in [3.63, 3.8) is 0 Å². The van der Waals surface area contributed by atoms with Crippen molar-refractivity contribution < 1.29 is 0 Å². The van der Waals surface area contributed by atoms with Crippen molar-refractivity contribution in [2.45, 2.75) is 51.2 Å². The highest BCUT2D eigenvalue weighted by Gasteiger charge is 2.32. The van der Waals surface area contributed by atoms with E-state index in [1.54, 1.807) is 0 Å². The molecular formula is C17H24N4. The van der Waals surface area contributed by atoms with Crippen LogP contribution in [0.3, 0.4) is 0 Å². The third-order valence-corrected chi connectivity index (χ3v) is 4.68. The molecule has 0 aromatic carbocycles. The molecule has 112 valence electrons. The van der Waals surface area contributed by atoms with Crippen LogP contribution in [0.15, 0.2) is 31.0 Å². The van der Waals surface area contributed by atoms with E-state index in [0.717, 1.165) is 19.0 Å². The maximum Gasteiger partial charge on any atom is 0.0951 e. The minimum atomic E-state index is 0.546. The van der Waals surface area contributed by atoms with Gasteiger partial charge < -0.3 is 14.5 Å². The molecule has 1 atom stereocenters. The number of nitrogens with one attached hydrogen (secondary N) is 1. The molecule has 4 heteroatoms. The molecule has 0 spiro atoms. The van der Waals surface area contributed by atoms with Crippen molar-refractivity contribution in [3.8, 4) is 0 Å². The Morgan fingerprint density at radius 1 is 1.33 bits per heavy atom. The van der Waals surface area contributed by atoms with Gasteiger partial charge in [0.1, 0.15) is 0 Å². The van der Waals surface area contributed by atoms with Gasteiger partial charge in [-0.3, -0.25) is 0 Å². The van der Waals surface area contributed by atoms with Gasteiger partial charge in [0.15, 0.2) is 0 Å². The van der Waals surface area contributed by atoms with E-state index in [9.17, 15) is 0 Å². The molecule has 2 aromatic heterocycles. The minimum absolute atomic E-state index is 0.546. The fraction of sp³-hybridized carbons (Fsp3) is 0.588. The summed E-state index contributed by atoms with van der Waals surface area (Å²) in [6, 6.07) is 3.53. The first kappa shape index (κ1) is 13.1. The van der Waals surface area contributed by atoms with Gasteiger partial charge in [-0.05, 0) is 49.8 Å². The lowest BCUT2D eigenvalue weighted by Crippen LogP contribution is -2.22. The summed E-state index contributed by atoms with van der Waals surface area (Å²) in [6.45, 7) is 4.17. The van der Waals surface area contributed by atoms with Crippen molar-refractivity contribution in [3.05, 3.63) is 42.2 Å². The first-order valence-corrected chi connectivity index (χ1v) is 8.25. The fourth-order valence-corrected chi connectivity index (χ4v) is 3.27. The van der Waals surface area contributed by atoms with E-state index in [2.05, 4.69) is 44.8 Å². The maximum absolute atomic E-state index is 4.33. The van der Waals surface area contributed by atoms with E-state index < -0.39 is 0 Å². The van der Waals surface area contributed by atoms with E-state index in [0.29, 0.717) is 12.1 Å². The Kier molecular flexibility index (Phi) is 3.34. The van der Waals surface area contributed by atoms with Crippen LogP contribution in [0.1, 0.15) is 55.9 Å². The summed E-state index contributed by atoms with van der Waals surface area (Å²) in [7, 11) is 0. The summed E-state index contributed by atoms with van der Waals surface area (Å²) < 4.78 is 4.65. The largest absolute Gasteiger partial charge is 0.348 e. The quantitative estimate of drug-likeness (QED) is 0.847. The molecule has 0 radical (unpaired) electrons. The smallest absolute Gasteiger partial charge is 0.0951 e. The Morgan fingerprint density at radius 2 is 2.19 bits per heavy atom. The predicted molar refractivity (Wildman–Crippen MR) is 83.2 cm³/mol. The van der Waals surface area contributed by atoms with Crippen molar-refractivity contribution in [2.24, 2.45) is 5.92 Å². The lowest BCUT2D eigenvalue weighted by molar-refractivity contribution is 0.495. The molecule has 0 saturated heterocycles. The Bertz CT molecular complexity index is 604. The van der Waals surface area contributed by atoms with Crippen LogP contribution < -0.4 is 5.32 Å². The van der Waals surface area contributed by atoms with E-state index in [-0.39, 0.29) is 0 Å². The van der Waals surface area contributed by atoms with Crippen LogP contribution in [0.2, 0.25) is 0 Å². The van der Waals surface area contributed by atoms with Gasteiger partial charge in [-0.1, -0.05) is 6.92 Å². The Morgan fingerprint density at radius 3 is 2.90 bits per heavy atom. The summed E-state index contributed by atoms with van der Waals surface area (Å²) in [5.74, 6) is 0.845. The second-order valence-corrected chi connectivity index (χ2v) is 6.51. The van der Waals surface area contributed by atoms with Crippen LogP contribution >= 0.6 is 0 Å². The molecule has 4 nitrogen and oxygen atoms in total. The summed E-state index contributed by atoms with van der Waals surface area (Å²) in [6.07, 6.45) is 13.9. The third-order valence-electron chi connectivity index (χ3n) is 4.68. The summed E-state index contributed by atoms with van der Waals surface area (Å²) in [4.78, 5) is 4.33. The number of aromatic nitrogens is 3. The Balaban J connectivity index is 1.49. The van der Waals surface area contributed by atoms with Gasteiger partial charge in [-0.2, -0.15) is 0 Å². The number of imidazole rings is 1. The molecule has 4 rings (SSSR count). The van der Waals surface area contributed by atoms with E-state index in [1.807, 2.05) is 12.5 Å². The van der Waals surface area contributed by atoms with Gasteiger partial charge >= 0.3 is 0 Å². The van der Waals surface area contributed by atoms with Crippen LogP contribution in [0.5, 0.6) is 0 Å². The molecule has 1 N–H and O–H groups in total. The van der Waals surface area contributed by atoms with Crippen LogP contribution in [0, 0.1) is 5.92 Å². The molecule has 2 fully saturated rings. The highest BCUT2D eigenvalue weighted by atomic mass is 15.1. The molecule has 0 amide bonds. The molecule has 0 bridgehead atoms. The van der Waals surface area contributed by atoms with Crippen LogP contribution in [-0.2, 0) is 6.54 Å². The van der Waals surface area contributed by atoms with Crippen LogP contribution in [-0.4, -0.2) is 20.7 Å². The first-order valence-electron chi connectivity index (χ1n) is 8.25. The zero-order chi connectivity index (χ0) is 14.2. The van der Waals surface area contributed by atoms with Gasteiger partial charge in [-0.25, -0.2) is 4.98 Å². The van der Waals surface area contributed by atoms with Gasteiger partial charge in [0.05, 0.1) is 18.6 Å². The molecule has 1 unspecified atom stereocenters. The topological polar surface area (TPSA) is 34.8 Å². The molecular weight excluding hydrogens is 260 g/mol. The molecule has 2 heterocycles. The second-order valence-electron chi connectivity index (χ2n) is 6.51. The summed E-state index contributed by atoms with van der Waals surface area (Å²) in [5.41, 5.74) is 2.77. The van der Waals surface area contributed by atoms with Crippen molar-refractivity contribution >= 4 is 0 Å². The van der Waals surface area contributed by atoms with Gasteiger partial charge in [0.25, 0.3) is 0 Å². The molecule has 2 saturated carbocycles. The molecule has 2 aliphatic rings. The SMILES string of the molecule is CCNC(c1ccn(Cc2cncn2C2CC2)c1)C1CC1. The minimum Gasteiger partial charge on any atom is -0.348 e. The third kappa shape index (κ3) is 2.77. The van der Waals surface area contributed by atoms with E-state index in [1.165, 1.54) is 36.9 Å². The van der Waals surface area contributed by atoms with Gasteiger partial charge in [-0.15, -0.1) is 0 Å². The maximum atomic E-state index is 4.33. The highest BCUT2D eigenvalue weighted by molar-refractivity contribution is 5.19. The molecule has 2 aliphatic carbocycles. The second kappa shape index (κ2) is 5.34. The predicted octanol–water partition coefficient (Wildman–Crippen LogP) is 3.13. The monoisotopic (exact) mass is 284 g/mol. The zero-order valence-corrected chi connectivity index (χ0v) is 12.7. The Labute approximate surface area is 126 Å². The molecule has 21 heavy (non-hydrogen) atoms. The zero-order valence-electron chi connectivity index (χ0n) is 12.7. The van der Waals surface area contributed by atoms with Gasteiger partial charge in [0, 0.05) is 30.7 Å². The fourth-order valence-electron chi connectivity index (χ4n) is 3.27. The standard InChI is InChI=1S/C17H24N4/c1-2-19-17(13-3-4-13)14-7-8-20(10-14)11-16-9-18-12-21(16)15-5-6-15/h7-10,12-13,15,17,19H,2-6,11H2,1H3. The Hall–Kier alpha value is -1.55. The van der Waals surface area contributed by atoms with E-state index >= 15 is 0 Å². The summed E-state index contributed by atoms with van der Waals surface area (Å²) in [5, 5.41) is 3.64. The number of rotatable bonds is 7. The lowest BCUT2D eigenvalue weighted by Gasteiger charge is -2.15. The van der Waals surface area contributed by atoms with Crippen LogP contribution in [0.25, 0.3) is 0 Å². The molecule has 0 aliphatic heterocycles. The van der Waals surface area contributed by atoms with Crippen molar-refractivity contribution in [2.75, 3.05) is 6.54 Å². The van der Waals surface area contributed by atoms with Crippen molar-refractivity contribution in [1.29, 1.82) is 0 Å². The number of hydrogen-bond donors (Lipinski definition) is 1. The number of hydrogen-bond acceptors (Lipinski definition) is 2. The first-order chi connectivity index (χ1) is 10.3. The van der Waals surface area contributed by atoms with Gasteiger partial charge in [0.2, 0.25) is 0 Å². The van der Waals surface area contributed by atoms with Crippen molar-refractivity contribution in [1.82, 2.24) is 19.4 Å². The average Bonchev–Trinajstić information content (AvgIpc) is 3.41.